The minimum Gasteiger partial charge on any atom is -0.392 e. The number of anilines is 1. The highest BCUT2D eigenvalue weighted by Crippen LogP contribution is 2.22. The molecule has 2 N–H and O–H groups in total. The van der Waals surface area contributed by atoms with Crippen LogP contribution in [0.3, 0.4) is 0 Å². The molecule has 0 spiro atoms. The van der Waals surface area contributed by atoms with Crippen LogP contribution in [0.5, 0.6) is 0 Å². The topological polar surface area (TPSA) is 75.1 Å². The van der Waals surface area contributed by atoms with Crippen LogP contribution in [-0.4, -0.2) is 21.0 Å². The number of hydrogen-bond acceptors (Lipinski definition) is 4. The van der Waals surface area contributed by atoms with Gasteiger partial charge in [-0.15, -0.1) is 0 Å². The smallest absolute Gasteiger partial charge is 0.229 e. The van der Waals surface area contributed by atoms with Crippen molar-refractivity contribution in [2.75, 3.05) is 5.32 Å². The number of nitrogens with one attached hydrogen (secondary N) is 1. The zero-order valence-electron chi connectivity index (χ0n) is 18.0. The van der Waals surface area contributed by atoms with Crippen molar-refractivity contribution in [2.24, 2.45) is 0 Å². The van der Waals surface area contributed by atoms with Gasteiger partial charge in [0.15, 0.2) is 5.82 Å². The SMILES string of the molecule is O=C(Cc1ccc(Cl)cc1)Nc1ncc(-c2ccc(CO)cc2)nc1CCc1ccccc1. The summed E-state index contributed by atoms with van der Waals surface area (Å²) in [5.74, 6) is 0.313. The first-order valence-corrected chi connectivity index (χ1v) is 11.1. The van der Waals surface area contributed by atoms with Gasteiger partial charge >= 0.3 is 0 Å². The number of amides is 1. The number of aliphatic hydroxyl groups excluding tert-OH is 1. The van der Waals surface area contributed by atoms with Crippen molar-refractivity contribution in [2.45, 2.75) is 25.9 Å². The molecule has 1 amide bonds. The van der Waals surface area contributed by atoms with Gasteiger partial charge < -0.3 is 10.4 Å². The van der Waals surface area contributed by atoms with Crippen LogP contribution in [-0.2, 0) is 30.7 Å². The van der Waals surface area contributed by atoms with Gasteiger partial charge in [0.1, 0.15) is 0 Å². The van der Waals surface area contributed by atoms with Gasteiger partial charge in [-0.25, -0.2) is 9.97 Å². The molecule has 0 atom stereocenters. The third-order valence-electron chi connectivity index (χ3n) is 5.31. The Bertz CT molecular complexity index is 1210. The van der Waals surface area contributed by atoms with Gasteiger partial charge in [-0.3, -0.25) is 4.79 Å². The highest BCUT2D eigenvalue weighted by atomic mass is 35.5. The molecule has 33 heavy (non-hydrogen) atoms. The first-order valence-electron chi connectivity index (χ1n) is 10.7. The average molecular weight is 458 g/mol. The molecule has 0 saturated heterocycles. The number of aliphatic hydroxyl groups is 1. The monoisotopic (exact) mass is 457 g/mol. The summed E-state index contributed by atoms with van der Waals surface area (Å²) in [6.45, 7) is -0.00707. The fourth-order valence-corrected chi connectivity index (χ4v) is 3.62. The lowest BCUT2D eigenvalue weighted by Gasteiger charge is -2.12. The summed E-state index contributed by atoms with van der Waals surface area (Å²) >= 11 is 5.94. The Morgan fingerprint density at radius 1 is 0.848 bits per heavy atom. The number of benzene rings is 3. The number of aromatic nitrogens is 2. The predicted molar refractivity (Wildman–Crippen MR) is 131 cm³/mol. The van der Waals surface area contributed by atoms with Crippen LogP contribution in [0.1, 0.15) is 22.4 Å². The highest BCUT2D eigenvalue weighted by molar-refractivity contribution is 6.30. The number of halogens is 1. The zero-order valence-corrected chi connectivity index (χ0v) is 18.8. The van der Waals surface area contributed by atoms with E-state index in [9.17, 15) is 9.90 Å². The normalized spacial score (nSPS) is 10.7. The van der Waals surface area contributed by atoms with E-state index in [2.05, 4.69) is 22.4 Å². The Morgan fingerprint density at radius 2 is 1.55 bits per heavy atom. The zero-order chi connectivity index (χ0) is 23.0. The predicted octanol–water partition coefficient (Wildman–Crippen LogP) is 5.26. The van der Waals surface area contributed by atoms with Crippen molar-refractivity contribution >= 4 is 23.3 Å². The summed E-state index contributed by atoms with van der Waals surface area (Å²) in [4.78, 5) is 22.1. The molecular formula is C27H24ClN3O2. The van der Waals surface area contributed by atoms with E-state index in [1.807, 2.05) is 54.6 Å². The number of carbonyl (C=O) groups is 1. The molecule has 4 aromatic rings. The summed E-state index contributed by atoms with van der Waals surface area (Å²) in [5.41, 5.74) is 5.25. The van der Waals surface area contributed by atoms with E-state index in [-0.39, 0.29) is 18.9 Å². The summed E-state index contributed by atoms with van der Waals surface area (Å²) < 4.78 is 0. The molecule has 0 fully saturated rings. The van der Waals surface area contributed by atoms with Crippen molar-refractivity contribution in [3.8, 4) is 11.3 Å². The van der Waals surface area contributed by atoms with E-state index in [1.54, 1.807) is 18.3 Å². The second kappa shape index (κ2) is 10.9. The molecule has 166 valence electrons. The molecule has 0 aliphatic heterocycles. The Kier molecular flexibility index (Phi) is 7.45. The molecule has 6 heteroatoms. The van der Waals surface area contributed by atoms with Crippen LogP contribution in [0.2, 0.25) is 5.02 Å². The average Bonchev–Trinajstić information content (AvgIpc) is 2.85. The Hall–Kier alpha value is -3.54. The van der Waals surface area contributed by atoms with Gasteiger partial charge in [-0.05, 0) is 41.7 Å². The lowest BCUT2D eigenvalue weighted by Crippen LogP contribution is -2.17. The molecule has 1 heterocycles. The van der Waals surface area contributed by atoms with E-state index in [0.29, 0.717) is 17.3 Å². The van der Waals surface area contributed by atoms with Crippen molar-refractivity contribution in [3.63, 3.8) is 0 Å². The minimum atomic E-state index is -0.160. The summed E-state index contributed by atoms with van der Waals surface area (Å²) in [5, 5.41) is 12.8. The Balaban J connectivity index is 1.56. The molecule has 3 aromatic carbocycles. The first kappa shape index (κ1) is 22.6. The second-order valence-electron chi connectivity index (χ2n) is 7.74. The van der Waals surface area contributed by atoms with E-state index in [1.165, 1.54) is 5.56 Å². The fourth-order valence-electron chi connectivity index (χ4n) is 3.50. The van der Waals surface area contributed by atoms with Crippen LogP contribution in [0.15, 0.2) is 85.1 Å². The van der Waals surface area contributed by atoms with Gasteiger partial charge in [0.2, 0.25) is 5.91 Å². The maximum Gasteiger partial charge on any atom is 0.229 e. The van der Waals surface area contributed by atoms with E-state index in [4.69, 9.17) is 16.6 Å². The standard InChI is InChI=1S/C27H24ClN3O2/c28-23-13-8-20(9-14-23)16-26(33)31-27-24(15-10-19-4-2-1-3-5-19)30-25(17-29-27)22-11-6-21(18-32)7-12-22/h1-9,11-14,17,32H,10,15-16,18H2,(H,29,31,33). The fraction of sp³-hybridized carbons (Fsp3) is 0.148. The van der Waals surface area contributed by atoms with Gasteiger partial charge in [0.25, 0.3) is 0 Å². The van der Waals surface area contributed by atoms with Gasteiger partial charge in [-0.1, -0.05) is 78.3 Å². The van der Waals surface area contributed by atoms with Crippen molar-refractivity contribution in [1.82, 2.24) is 9.97 Å². The molecular weight excluding hydrogens is 434 g/mol. The van der Waals surface area contributed by atoms with Crippen molar-refractivity contribution in [3.05, 3.63) is 112 Å². The molecule has 0 radical (unpaired) electrons. The molecule has 0 aliphatic carbocycles. The van der Waals surface area contributed by atoms with Gasteiger partial charge in [-0.2, -0.15) is 0 Å². The molecule has 4 rings (SSSR count). The quantitative estimate of drug-likeness (QED) is 0.378. The molecule has 0 saturated carbocycles. The molecule has 0 aliphatic rings. The number of carbonyl (C=O) groups excluding carboxylic acids is 1. The van der Waals surface area contributed by atoms with Crippen LogP contribution in [0.4, 0.5) is 5.82 Å². The van der Waals surface area contributed by atoms with Gasteiger partial charge in [0, 0.05) is 10.6 Å². The largest absolute Gasteiger partial charge is 0.392 e. The minimum absolute atomic E-state index is 0.00707. The highest BCUT2D eigenvalue weighted by Gasteiger charge is 2.13. The maximum atomic E-state index is 12.7. The van der Waals surface area contributed by atoms with E-state index < -0.39 is 0 Å². The maximum absolute atomic E-state index is 12.7. The van der Waals surface area contributed by atoms with E-state index in [0.717, 1.165) is 34.5 Å². The number of nitrogens with zero attached hydrogens (tertiary/aromatic N) is 2. The van der Waals surface area contributed by atoms with Crippen molar-refractivity contribution in [1.29, 1.82) is 0 Å². The third kappa shape index (κ3) is 6.25. The van der Waals surface area contributed by atoms with E-state index >= 15 is 0 Å². The van der Waals surface area contributed by atoms with Crippen LogP contribution in [0, 0.1) is 0 Å². The van der Waals surface area contributed by atoms with Gasteiger partial charge in [0.05, 0.1) is 30.6 Å². The van der Waals surface area contributed by atoms with Crippen LogP contribution in [0.25, 0.3) is 11.3 Å². The second-order valence-corrected chi connectivity index (χ2v) is 8.18. The van der Waals surface area contributed by atoms with Crippen molar-refractivity contribution < 1.29 is 9.90 Å². The third-order valence-corrected chi connectivity index (χ3v) is 5.56. The Morgan fingerprint density at radius 3 is 2.24 bits per heavy atom. The summed E-state index contributed by atoms with van der Waals surface area (Å²) in [6, 6.07) is 24.9. The number of hydrogen-bond donors (Lipinski definition) is 2. The first-order chi connectivity index (χ1) is 16.1. The molecule has 0 bridgehead atoms. The van der Waals surface area contributed by atoms with Crippen LogP contribution >= 0.6 is 11.6 Å². The number of rotatable bonds is 8. The molecule has 0 unspecified atom stereocenters. The number of aryl methyl sites for hydroxylation is 2. The summed E-state index contributed by atoms with van der Waals surface area (Å²) in [7, 11) is 0. The lowest BCUT2D eigenvalue weighted by atomic mass is 10.1. The molecule has 5 nitrogen and oxygen atoms in total. The lowest BCUT2D eigenvalue weighted by molar-refractivity contribution is -0.115. The summed E-state index contributed by atoms with van der Waals surface area (Å²) in [6.07, 6.45) is 3.30. The van der Waals surface area contributed by atoms with Crippen LogP contribution < -0.4 is 5.32 Å². The Labute approximate surface area is 198 Å². The molecule has 1 aromatic heterocycles.